The van der Waals surface area contributed by atoms with Crippen molar-refractivity contribution in [3.63, 3.8) is 0 Å². The minimum absolute atomic E-state index is 0.00846. The SMILES string of the molecule is CC(C)[C@@H](CNc1ccc([N+](=O)[O-])cn1)N1CCOCC1. The number of morpholine rings is 1. The van der Waals surface area contributed by atoms with Gasteiger partial charge in [0.25, 0.3) is 5.69 Å². The second kappa shape index (κ2) is 7.33. The van der Waals surface area contributed by atoms with Crippen molar-refractivity contribution in [2.24, 2.45) is 5.92 Å². The molecule has 1 fully saturated rings. The van der Waals surface area contributed by atoms with E-state index < -0.39 is 4.92 Å². The maximum Gasteiger partial charge on any atom is 0.287 e. The van der Waals surface area contributed by atoms with E-state index in [9.17, 15) is 10.1 Å². The Morgan fingerprint density at radius 1 is 1.43 bits per heavy atom. The number of rotatable bonds is 6. The van der Waals surface area contributed by atoms with Crippen LogP contribution in [0.25, 0.3) is 0 Å². The van der Waals surface area contributed by atoms with E-state index in [0.29, 0.717) is 17.8 Å². The lowest BCUT2D eigenvalue weighted by molar-refractivity contribution is -0.385. The van der Waals surface area contributed by atoms with Gasteiger partial charge in [0.15, 0.2) is 0 Å². The monoisotopic (exact) mass is 294 g/mol. The molecule has 7 heteroatoms. The van der Waals surface area contributed by atoms with Crippen LogP contribution in [0.2, 0.25) is 0 Å². The van der Waals surface area contributed by atoms with Crippen molar-refractivity contribution in [1.29, 1.82) is 0 Å². The number of pyridine rings is 1. The van der Waals surface area contributed by atoms with Crippen LogP contribution in [0, 0.1) is 16.0 Å². The first-order valence-corrected chi connectivity index (χ1v) is 7.24. The normalized spacial score (nSPS) is 17.7. The molecule has 0 bridgehead atoms. The molecule has 0 aliphatic carbocycles. The number of nitrogens with one attached hydrogen (secondary N) is 1. The Kier molecular flexibility index (Phi) is 5.46. The van der Waals surface area contributed by atoms with Crippen molar-refractivity contribution in [2.75, 3.05) is 38.2 Å². The summed E-state index contributed by atoms with van der Waals surface area (Å²) in [6, 6.07) is 3.51. The Morgan fingerprint density at radius 3 is 2.67 bits per heavy atom. The summed E-state index contributed by atoms with van der Waals surface area (Å²) in [5.41, 5.74) is 0.00846. The molecule has 0 spiro atoms. The quantitative estimate of drug-likeness (QED) is 0.636. The van der Waals surface area contributed by atoms with Crippen molar-refractivity contribution >= 4 is 11.5 Å². The van der Waals surface area contributed by atoms with E-state index in [1.54, 1.807) is 6.07 Å². The second-order valence-electron chi connectivity index (χ2n) is 5.50. The number of anilines is 1. The van der Waals surface area contributed by atoms with E-state index in [2.05, 4.69) is 29.0 Å². The lowest BCUT2D eigenvalue weighted by Gasteiger charge is -2.37. The lowest BCUT2D eigenvalue weighted by Crippen LogP contribution is -2.49. The molecule has 0 saturated carbocycles. The van der Waals surface area contributed by atoms with E-state index in [0.717, 1.165) is 32.8 Å². The highest BCUT2D eigenvalue weighted by Gasteiger charge is 2.23. The molecule has 21 heavy (non-hydrogen) atoms. The van der Waals surface area contributed by atoms with Crippen molar-refractivity contribution in [3.05, 3.63) is 28.4 Å². The smallest absolute Gasteiger partial charge is 0.287 e. The van der Waals surface area contributed by atoms with E-state index in [1.165, 1.54) is 12.3 Å². The Bertz CT molecular complexity index is 458. The van der Waals surface area contributed by atoms with Gasteiger partial charge in [-0.25, -0.2) is 4.98 Å². The number of nitrogens with zero attached hydrogens (tertiary/aromatic N) is 3. The van der Waals surface area contributed by atoms with Crippen LogP contribution in [0.5, 0.6) is 0 Å². The molecule has 0 amide bonds. The Morgan fingerprint density at radius 2 is 2.14 bits per heavy atom. The summed E-state index contributed by atoms with van der Waals surface area (Å²) in [7, 11) is 0. The molecule has 1 aliphatic heterocycles. The highest BCUT2D eigenvalue weighted by Crippen LogP contribution is 2.15. The van der Waals surface area contributed by atoms with Crippen LogP contribution in [-0.4, -0.2) is 53.7 Å². The summed E-state index contributed by atoms with van der Waals surface area (Å²) in [5, 5.41) is 13.9. The maximum absolute atomic E-state index is 10.6. The first-order valence-electron chi connectivity index (χ1n) is 7.24. The zero-order valence-electron chi connectivity index (χ0n) is 12.5. The van der Waals surface area contributed by atoms with Gasteiger partial charge < -0.3 is 10.1 Å². The minimum atomic E-state index is -0.443. The topological polar surface area (TPSA) is 80.5 Å². The van der Waals surface area contributed by atoms with Gasteiger partial charge in [-0.3, -0.25) is 15.0 Å². The molecule has 116 valence electrons. The molecular formula is C14H22N4O3. The van der Waals surface area contributed by atoms with Gasteiger partial charge in [0.1, 0.15) is 12.0 Å². The molecule has 1 aliphatic rings. The average Bonchev–Trinajstić information content (AvgIpc) is 2.48. The fourth-order valence-corrected chi connectivity index (χ4v) is 2.50. The zero-order chi connectivity index (χ0) is 15.2. The number of hydrogen-bond donors (Lipinski definition) is 1. The van der Waals surface area contributed by atoms with E-state index in [-0.39, 0.29) is 5.69 Å². The highest BCUT2D eigenvalue weighted by atomic mass is 16.6. The number of nitro groups is 1. The summed E-state index contributed by atoms with van der Waals surface area (Å²) in [5.74, 6) is 1.17. The summed E-state index contributed by atoms with van der Waals surface area (Å²) in [6.45, 7) is 8.60. The predicted octanol–water partition coefficient (Wildman–Crippen LogP) is 1.76. The van der Waals surface area contributed by atoms with E-state index in [4.69, 9.17) is 4.74 Å². The first kappa shape index (κ1) is 15.7. The summed E-state index contributed by atoms with van der Waals surface area (Å²) in [4.78, 5) is 16.7. The van der Waals surface area contributed by atoms with Crippen molar-refractivity contribution in [3.8, 4) is 0 Å². The molecule has 7 nitrogen and oxygen atoms in total. The largest absolute Gasteiger partial charge is 0.379 e. The highest BCUT2D eigenvalue weighted by molar-refractivity contribution is 5.40. The molecule has 2 rings (SSSR count). The molecule has 2 heterocycles. The third-order valence-corrected chi connectivity index (χ3v) is 3.74. The van der Waals surface area contributed by atoms with Crippen molar-refractivity contribution in [1.82, 2.24) is 9.88 Å². The summed E-state index contributed by atoms with van der Waals surface area (Å²) >= 11 is 0. The zero-order valence-corrected chi connectivity index (χ0v) is 12.5. The summed E-state index contributed by atoms with van der Waals surface area (Å²) < 4.78 is 5.39. The fourth-order valence-electron chi connectivity index (χ4n) is 2.50. The van der Waals surface area contributed by atoms with Crippen LogP contribution in [0.1, 0.15) is 13.8 Å². The number of aromatic nitrogens is 1. The van der Waals surface area contributed by atoms with Gasteiger partial charge in [-0.1, -0.05) is 13.8 Å². The summed E-state index contributed by atoms with van der Waals surface area (Å²) in [6.07, 6.45) is 1.28. The Balaban J connectivity index is 1.93. The average molecular weight is 294 g/mol. The van der Waals surface area contributed by atoms with Crippen molar-refractivity contribution < 1.29 is 9.66 Å². The van der Waals surface area contributed by atoms with Gasteiger partial charge >= 0.3 is 0 Å². The van der Waals surface area contributed by atoms with Gasteiger partial charge in [0.05, 0.1) is 18.1 Å². The van der Waals surface area contributed by atoms with Crippen LogP contribution in [-0.2, 0) is 4.74 Å². The standard InChI is InChI=1S/C14H22N4O3/c1-11(2)13(17-5-7-21-8-6-17)10-16-14-4-3-12(9-15-14)18(19)20/h3-4,9,11,13H,5-8,10H2,1-2H3,(H,15,16)/t13-/m1/s1. The second-order valence-corrected chi connectivity index (χ2v) is 5.50. The van der Waals surface area contributed by atoms with Crippen LogP contribution in [0.4, 0.5) is 11.5 Å². The first-order chi connectivity index (χ1) is 10.1. The van der Waals surface area contributed by atoms with E-state index in [1.807, 2.05) is 0 Å². The Hall–Kier alpha value is -1.73. The molecule has 1 N–H and O–H groups in total. The maximum atomic E-state index is 10.6. The minimum Gasteiger partial charge on any atom is -0.379 e. The predicted molar refractivity (Wildman–Crippen MR) is 80.4 cm³/mol. The molecule has 1 saturated heterocycles. The van der Waals surface area contributed by atoms with E-state index >= 15 is 0 Å². The van der Waals surface area contributed by atoms with Gasteiger partial charge in [-0.15, -0.1) is 0 Å². The molecule has 1 aromatic rings. The van der Waals surface area contributed by atoms with Crippen LogP contribution >= 0.6 is 0 Å². The molecule has 0 radical (unpaired) electrons. The molecule has 0 aromatic carbocycles. The molecule has 1 atom stereocenters. The van der Waals surface area contributed by atoms with Gasteiger partial charge in [-0.05, 0) is 12.0 Å². The number of hydrogen-bond acceptors (Lipinski definition) is 6. The van der Waals surface area contributed by atoms with Crippen LogP contribution in [0.3, 0.4) is 0 Å². The molecule has 0 unspecified atom stereocenters. The van der Waals surface area contributed by atoms with Gasteiger partial charge in [0, 0.05) is 31.7 Å². The van der Waals surface area contributed by atoms with Crippen molar-refractivity contribution in [2.45, 2.75) is 19.9 Å². The van der Waals surface area contributed by atoms with Crippen LogP contribution < -0.4 is 5.32 Å². The molecule has 1 aromatic heterocycles. The van der Waals surface area contributed by atoms with Gasteiger partial charge in [0.2, 0.25) is 0 Å². The number of ether oxygens (including phenoxy) is 1. The lowest BCUT2D eigenvalue weighted by atomic mass is 10.0. The molecular weight excluding hydrogens is 272 g/mol. The third kappa shape index (κ3) is 4.37. The fraction of sp³-hybridized carbons (Fsp3) is 0.643. The Labute approximate surface area is 124 Å². The third-order valence-electron chi connectivity index (χ3n) is 3.74. The van der Waals surface area contributed by atoms with Gasteiger partial charge in [-0.2, -0.15) is 0 Å². The van der Waals surface area contributed by atoms with Crippen LogP contribution in [0.15, 0.2) is 18.3 Å².